The van der Waals surface area contributed by atoms with E-state index in [4.69, 9.17) is 12.3 Å². The molecule has 5 nitrogen and oxygen atoms in total. The molecule has 0 saturated heterocycles. The standard InChI is InChI=1S/C7H11N5/c1-2-3-4-6(11-8)7-9-5-10-12-7/h1,5-6,11H,3-4,8H2,(H,9,10,12). The van der Waals surface area contributed by atoms with Crippen LogP contribution in [-0.2, 0) is 0 Å². The minimum atomic E-state index is -0.0384. The molecule has 0 bridgehead atoms. The minimum Gasteiger partial charge on any atom is -0.271 e. The summed E-state index contributed by atoms with van der Waals surface area (Å²) in [4.78, 5) is 3.96. The fraction of sp³-hybridized carbons (Fsp3) is 0.429. The zero-order valence-electron chi connectivity index (χ0n) is 6.62. The lowest BCUT2D eigenvalue weighted by atomic mass is 10.1. The van der Waals surface area contributed by atoms with E-state index in [9.17, 15) is 0 Å². The number of aromatic nitrogens is 3. The van der Waals surface area contributed by atoms with E-state index in [1.165, 1.54) is 6.33 Å². The SMILES string of the molecule is C#CCCC(NN)c1ncn[nH]1. The summed E-state index contributed by atoms with van der Waals surface area (Å²) in [6, 6.07) is -0.0384. The molecule has 1 unspecified atom stereocenters. The highest BCUT2D eigenvalue weighted by atomic mass is 15.3. The number of nitrogens with zero attached hydrogens (tertiary/aromatic N) is 2. The third-order valence-electron chi connectivity index (χ3n) is 1.54. The highest BCUT2D eigenvalue weighted by Crippen LogP contribution is 2.11. The van der Waals surface area contributed by atoms with Gasteiger partial charge in [0.2, 0.25) is 0 Å². The molecule has 64 valence electrons. The van der Waals surface area contributed by atoms with Crippen LogP contribution < -0.4 is 11.3 Å². The lowest BCUT2D eigenvalue weighted by molar-refractivity contribution is 0.499. The first-order valence-electron chi connectivity index (χ1n) is 3.63. The van der Waals surface area contributed by atoms with Crippen LogP contribution in [0, 0.1) is 12.3 Å². The van der Waals surface area contributed by atoms with Crippen LogP contribution >= 0.6 is 0 Å². The summed E-state index contributed by atoms with van der Waals surface area (Å²) in [7, 11) is 0. The van der Waals surface area contributed by atoms with Gasteiger partial charge in [0.05, 0.1) is 6.04 Å². The summed E-state index contributed by atoms with van der Waals surface area (Å²) in [6.45, 7) is 0. The highest BCUT2D eigenvalue weighted by Gasteiger charge is 2.10. The Morgan fingerprint density at radius 2 is 2.67 bits per heavy atom. The van der Waals surface area contributed by atoms with Gasteiger partial charge in [-0.05, 0) is 6.42 Å². The topological polar surface area (TPSA) is 79.6 Å². The largest absolute Gasteiger partial charge is 0.271 e. The molecule has 1 rings (SSSR count). The van der Waals surface area contributed by atoms with Crippen LogP contribution in [0.5, 0.6) is 0 Å². The molecule has 0 aliphatic heterocycles. The predicted molar refractivity (Wildman–Crippen MR) is 44.5 cm³/mol. The number of terminal acetylenes is 1. The summed E-state index contributed by atoms with van der Waals surface area (Å²) in [5.41, 5.74) is 2.61. The quantitative estimate of drug-likeness (QED) is 0.326. The first-order valence-corrected chi connectivity index (χ1v) is 3.63. The second-order valence-corrected chi connectivity index (χ2v) is 2.33. The van der Waals surface area contributed by atoms with E-state index < -0.39 is 0 Å². The van der Waals surface area contributed by atoms with Crippen molar-refractivity contribution >= 4 is 0 Å². The molecule has 1 aromatic heterocycles. The first kappa shape index (κ1) is 8.71. The average Bonchev–Trinajstić information content (AvgIpc) is 2.59. The van der Waals surface area contributed by atoms with Gasteiger partial charge in [-0.3, -0.25) is 10.9 Å². The number of aromatic amines is 1. The first-order chi connectivity index (χ1) is 5.88. The summed E-state index contributed by atoms with van der Waals surface area (Å²) in [5.74, 6) is 8.55. The number of H-pyrrole nitrogens is 1. The van der Waals surface area contributed by atoms with Crippen LogP contribution in [0.1, 0.15) is 24.7 Å². The molecule has 0 fully saturated rings. The van der Waals surface area contributed by atoms with Gasteiger partial charge in [0.25, 0.3) is 0 Å². The van der Waals surface area contributed by atoms with Crippen molar-refractivity contribution in [3.05, 3.63) is 12.2 Å². The number of hydrogen-bond acceptors (Lipinski definition) is 4. The van der Waals surface area contributed by atoms with E-state index in [0.29, 0.717) is 12.2 Å². The van der Waals surface area contributed by atoms with Crippen molar-refractivity contribution in [3.63, 3.8) is 0 Å². The molecule has 5 heteroatoms. The van der Waals surface area contributed by atoms with Crippen molar-refractivity contribution in [3.8, 4) is 12.3 Å². The second kappa shape index (κ2) is 4.49. The number of hydrazine groups is 1. The normalized spacial score (nSPS) is 12.3. The van der Waals surface area contributed by atoms with Crippen LogP contribution in [-0.4, -0.2) is 15.2 Å². The molecule has 12 heavy (non-hydrogen) atoms. The third-order valence-corrected chi connectivity index (χ3v) is 1.54. The Kier molecular flexibility index (Phi) is 3.26. The molecular weight excluding hydrogens is 154 g/mol. The Morgan fingerprint density at radius 3 is 3.17 bits per heavy atom. The second-order valence-electron chi connectivity index (χ2n) is 2.33. The Labute approximate surface area is 70.7 Å². The minimum absolute atomic E-state index is 0.0384. The number of nitrogens with one attached hydrogen (secondary N) is 2. The Hall–Kier alpha value is -1.38. The third kappa shape index (κ3) is 2.05. The van der Waals surface area contributed by atoms with Gasteiger partial charge >= 0.3 is 0 Å². The lowest BCUT2D eigenvalue weighted by Crippen LogP contribution is -2.28. The molecule has 0 radical (unpaired) electrons. The smallest absolute Gasteiger partial charge is 0.142 e. The molecule has 0 aliphatic carbocycles. The Balaban J connectivity index is 2.52. The maximum Gasteiger partial charge on any atom is 0.142 e. The summed E-state index contributed by atoms with van der Waals surface area (Å²) in [5, 5.41) is 6.44. The molecule has 0 amide bonds. The number of rotatable bonds is 4. The zero-order chi connectivity index (χ0) is 8.81. The molecule has 1 heterocycles. The number of nitrogens with two attached hydrogens (primary N) is 1. The predicted octanol–water partition coefficient (Wildman–Crippen LogP) is -0.278. The lowest BCUT2D eigenvalue weighted by Gasteiger charge is -2.09. The van der Waals surface area contributed by atoms with E-state index in [1.54, 1.807) is 0 Å². The van der Waals surface area contributed by atoms with Gasteiger partial charge < -0.3 is 0 Å². The van der Waals surface area contributed by atoms with Crippen LogP contribution in [0.3, 0.4) is 0 Å². The van der Waals surface area contributed by atoms with E-state index in [-0.39, 0.29) is 6.04 Å². The average molecular weight is 165 g/mol. The Bertz CT molecular complexity index is 247. The van der Waals surface area contributed by atoms with Crippen LogP contribution in [0.2, 0.25) is 0 Å². The molecular formula is C7H11N5. The molecule has 1 atom stereocenters. The number of hydrogen-bond donors (Lipinski definition) is 3. The fourth-order valence-corrected chi connectivity index (χ4v) is 0.909. The summed E-state index contributed by atoms with van der Waals surface area (Å²) >= 11 is 0. The zero-order valence-corrected chi connectivity index (χ0v) is 6.62. The van der Waals surface area contributed by atoms with E-state index in [2.05, 4.69) is 26.5 Å². The molecule has 1 aromatic rings. The van der Waals surface area contributed by atoms with Gasteiger partial charge in [0.15, 0.2) is 0 Å². The molecule has 0 saturated carbocycles. The van der Waals surface area contributed by atoms with Gasteiger partial charge in [-0.1, -0.05) is 0 Å². The van der Waals surface area contributed by atoms with E-state index >= 15 is 0 Å². The van der Waals surface area contributed by atoms with Crippen molar-refractivity contribution in [2.75, 3.05) is 0 Å². The monoisotopic (exact) mass is 165 g/mol. The van der Waals surface area contributed by atoms with Crippen molar-refractivity contribution < 1.29 is 0 Å². The van der Waals surface area contributed by atoms with Crippen LogP contribution in [0.25, 0.3) is 0 Å². The van der Waals surface area contributed by atoms with Crippen LogP contribution in [0.4, 0.5) is 0 Å². The van der Waals surface area contributed by atoms with E-state index in [0.717, 1.165) is 6.42 Å². The maximum atomic E-state index is 5.30. The van der Waals surface area contributed by atoms with Gasteiger partial charge in [0, 0.05) is 6.42 Å². The van der Waals surface area contributed by atoms with Crippen molar-refractivity contribution in [1.82, 2.24) is 20.6 Å². The highest BCUT2D eigenvalue weighted by molar-refractivity contribution is 4.93. The van der Waals surface area contributed by atoms with Gasteiger partial charge in [-0.25, -0.2) is 10.4 Å². The fourth-order valence-electron chi connectivity index (χ4n) is 0.909. The van der Waals surface area contributed by atoms with E-state index in [1.807, 2.05) is 0 Å². The van der Waals surface area contributed by atoms with Crippen molar-refractivity contribution in [2.24, 2.45) is 5.84 Å². The van der Waals surface area contributed by atoms with Gasteiger partial charge in [0.1, 0.15) is 12.2 Å². The maximum absolute atomic E-state index is 5.30. The van der Waals surface area contributed by atoms with Gasteiger partial charge in [-0.15, -0.1) is 12.3 Å². The van der Waals surface area contributed by atoms with Crippen molar-refractivity contribution in [2.45, 2.75) is 18.9 Å². The molecule has 0 aromatic carbocycles. The molecule has 4 N–H and O–H groups in total. The van der Waals surface area contributed by atoms with Crippen LogP contribution in [0.15, 0.2) is 6.33 Å². The summed E-state index contributed by atoms with van der Waals surface area (Å²) < 4.78 is 0. The van der Waals surface area contributed by atoms with Gasteiger partial charge in [-0.2, -0.15) is 5.10 Å². The van der Waals surface area contributed by atoms with Crippen molar-refractivity contribution in [1.29, 1.82) is 0 Å². The molecule has 0 spiro atoms. The molecule has 0 aliphatic rings. The Morgan fingerprint density at radius 1 is 1.83 bits per heavy atom. The summed E-state index contributed by atoms with van der Waals surface area (Å²) in [6.07, 6.45) is 7.97.